The molecule has 7 nitrogen and oxygen atoms in total. The van der Waals surface area contributed by atoms with E-state index in [4.69, 9.17) is 4.74 Å². The zero-order chi connectivity index (χ0) is 18.4. The molecule has 3 saturated carbocycles. The minimum Gasteiger partial charge on any atom is -0.383 e. The van der Waals surface area contributed by atoms with E-state index in [2.05, 4.69) is 21.6 Å². The lowest BCUT2D eigenvalue weighted by Crippen LogP contribution is -2.51. The van der Waals surface area contributed by atoms with Gasteiger partial charge in [0.05, 0.1) is 19.1 Å². The molecule has 0 saturated heterocycles. The number of nitrogens with zero attached hydrogens (tertiary/aromatic N) is 4. The lowest BCUT2D eigenvalue weighted by molar-refractivity contribution is -0.127. The minimum atomic E-state index is -0.0711. The van der Waals surface area contributed by atoms with Crippen molar-refractivity contribution in [2.75, 3.05) is 19.0 Å². The van der Waals surface area contributed by atoms with E-state index in [1.807, 2.05) is 21.6 Å². The first kappa shape index (κ1) is 17.0. The highest BCUT2D eigenvalue weighted by molar-refractivity contribution is 5.94. The van der Waals surface area contributed by atoms with Crippen LogP contribution in [-0.4, -0.2) is 39.2 Å². The van der Waals surface area contributed by atoms with Crippen LogP contribution in [0, 0.1) is 11.8 Å². The summed E-state index contributed by atoms with van der Waals surface area (Å²) in [4.78, 5) is 13.2. The van der Waals surface area contributed by atoms with Gasteiger partial charge in [0.25, 0.3) is 0 Å². The Morgan fingerprint density at radius 2 is 2.37 bits per heavy atom. The van der Waals surface area contributed by atoms with Crippen LogP contribution in [0.25, 0.3) is 0 Å². The number of carbonyl (C=O) groups is 1. The Morgan fingerprint density at radius 3 is 3.19 bits per heavy atom. The van der Waals surface area contributed by atoms with Gasteiger partial charge in [0.2, 0.25) is 5.91 Å². The molecule has 7 heteroatoms. The number of amides is 1. The number of hydrogen-bond donors (Lipinski definition) is 1. The van der Waals surface area contributed by atoms with E-state index in [-0.39, 0.29) is 17.2 Å². The maximum atomic E-state index is 13.2. The second-order valence-electron chi connectivity index (χ2n) is 8.26. The number of ether oxygens (including phenoxy) is 1. The van der Waals surface area contributed by atoms with Crippen LogP contribution in [0.1, 0.15) is 43.5 Å². The number of hydrogen-bond acceptors (Lipinski definition) is 4. The molecule has 144 valence electrons. The predicted octanol–water partition coefficient (Wildman–Crippen LogP) is 2.37. The van der Waals surface area contributed by atoms with Crippen LogP contribution >= 0.6 is 0 Å². The summed E-state index contributed by atoms with van der Waals surface area (Å²) < 4.78 is 9.30. The van der Waals surface area contributed by atoms with E-state index in [1.54, 1.807) is 7.11 Å². The third-order valence-electron chi connectivity index (χ3n) is 6.84. The van der Waals surface area contributed by atoms with Gasteiger partial charge in [-0.3, -0.25) is 14.2 Å². The van der Waals surface area contributed by atoms with Crippen molar-refractivity contribution in [3.63, 3.8) is 0 Å². The molecule has 6 rings (SSSR count). The standard InChI is InChI=1S/C20H27N5O2/c1-27-11-10-25-16(6-8-21-25)20-7-5-14(13-20)18(20)19(26)22-17-12-15-4-2-3-9-24(15)23-17/h6,8,12,14,18H,2-5,7,9-11,13H2,1H3,(H,22,23,26). The van der Waals surface area contributed by atoms with E-state index in [0.717, 1.165) is 38.8 Å². The third-order valence-corrected chi connectivity index (χ3v) is 6.84. The van der Waals surface area contributed by atoms with Gasteiger partial charge < -0.3 is 10.1 Å². The van der Waals surface area contributed by atoms with Gasteiger partial charge in [-0.1, -0.05) is 0 Å². The Labute approximate surface area is 159 Å². The van der Waals surface area contributed by atoms with E-state index < -0.39 is 0 Å². The lowest BCUT2D eigenvalue weighted by atomic mass is 9.58. The van der Waals surface area contributed by atoms with Gasteiger partial charge in [-0.2, -0.15) is 10.2 Å². The summed E-state index contributed by atoms with van der Waals surface area (Å²) in [6.45, 7) is 2.32. The van der Waals surface area contributed by atoms with E-state index in [0.29, 0.717) is 18.3 Å². The number of aromatic nitrogens is 4. The molecular formula is C20H27N5O2. The molecule has 0 radical (unpaired) electrons. The van der Waals surface area contributed by atoms with Gasteiger partial charge in [0.15, 0.2) is 5.82 Å². The van der Waals surface area contributed by atoms with Gasteiger partial charge >= 0.3 is 0 Å². The van der Waals surface area contributed by atoms with Gasteiger partial charge in [-0.05, 0) is 50.5 Å². The van der Waals surface area contributed by atoms with E-state index >= 15 is 0 Å². The first-order chi connectivity index (χ1) is 13.2. The van der Waals surface area contributed by atoms with Crippen molar-refractivity contribution in [3.8, 4) is 0 Å². The zero-order valence-electron chi connectivity index (χ0n) is 15.9. The molecule has 27 heavy (non-hydrogen) atoms. The van der Waals surface area contributed by atoms with Crippen LogP contribution in [0.3, 0.4) is 0 Å². The highest BCUT2D eigenvalue weighted by Crippen LogP contribution is 2.64. The summed E-state index contributed by atoms with van der Waals surface area (Å²) in [6.07, 6.45) is 8.55. The Kier molecular flexibility index (Phi) is 4.07. The Bertz CT molecular complexity index is 829. The van der Waals surface area contributed by atoms with Gasteiger partial charge in [0.1, 0.15) is 0 Å². The van der Waals surface area contributed by atoms with Crippen LogP contribution in [0.2, 0.25) is 0 Å². The first-order valence-electron chi connectivity index (χ1n) is 10.1. The van der Waals surface area contributed by atoms with Crippen LogP contribution in [0.5, 0.6) is 0 Å². The number of nitrogens with one attached hydrogen (secondary N) is 1. The van der Waals surface area contributed by atoms with E-state index in [1.165, 1.54) is 24.2 Å². The van der Waals surface area contributed by atoms with Crippen molar-refractivity contribution >= 4 is 11.7 Å². The van der Waals surface area contributed by atoms with Crippen LogP contribution in [0.4, 0.5) is 5.82 Å². The summed E-state index contributed by atoms with van der Waals surface area (Å²) in [7, 11) is 1.71. The Morgan fingerprint density at radius 1 is 1.44 bits per heavy atom. The van der Waals surface area contributed by atoms with Crippen LogP contribution < -0.4 is 5.32 Å². The number of aryl methyl sites for hydroxylation is 2. The molecule has 0 spiro atoms. The molecule has 2 bridgehead atoms. The SMILES string of the molecule is COCCn1nccc1C12CCC(C1)C2C(=O)Nc1cc2n(n1)CCCC2. The fraction of sp³-hybridized carbons (Fsp3) is 0.650. The fourth-order valence-corrected chi connectivity index (χ4v) is 5.62. The molecule has 1 aliphatic heterocycles. The smallest absolute Gasteiger partial charge is 0.229 e. The fourth-order valence-electron chi connectivity index (χ4n) is 5.62. The van der Waals surface area contributed by atoms with Gasteiger partial charge in [-0.25, -0.2) is 0 Å². The predicted molar refractivity (Wildman–Crippen MR) is 100 cm³/mol. The molecular weight excluding hydrogens is 342 g/mol. The maximum absolute atomic E-state index is 13.2. The monoisotopic (exact) mass is 369 g/mol. The molecule has 3 fully saturated rings. The number of fused-ring (bicyclic) bond motifs is 2. The molecule has 3 heterocycles. The lowest BCUT2D eigenvalue weighted by Gasteiger charge is -2.46. The Balaban J connectivity index is 1.36. The second-order valence-corrected chi connectivity index (χ2v) is 8.26. The summed E-state index contributed by atoms with van der Waals surface area (Å²) >= 11 is 0. The molecule has 3 atom stereocenters. The average Bonchev–Trinajstić information content (AvgIpc) is 3.40. The molecule has 2 aromatic rings. The number of carbonyl (C=O) groups excluding carboxylic acids is 1. The van der Waals surface area contributed by atoms with Crippen molar-refractivity contribution < 1.29 is 9.53 Å². The molecule has 1 N–H and O–H groups in total. The first-order valence-corrected chi connectivity index (χ1v) is 10.1. The molecule has 1 amide bonds. The molecule has 2 aromatic heterocycles. The summed E-state index contributed by atoms with van der Waals surface area (Å²) in [5.41, 5.74) is 2.36. The topological polar surface area (TPSA) is 74.0 Å². The Hall–Kier alpha value is -2.15. The number of anilines is 1. The van der Waals surface area contributed by atoms with Gasteiger partial charge in [0, 0.05) is 42.7 Å². The van der Waals surface area contributed by atoms with Crippen molar-refractivity contribution in [3.05, 3.63) is 29.7 Å². The summed E-state index contributed by atoms with van der Waals surface area (Å²) in [6, 6.07) is 4.14. The second kappa shape index (κ2) is 6.48. The molecule has 3 unspecified atom stereocenters. The average molecular weight is 369 g/mol. The van der Waals surface area contributed by atoms with Crippen molar-refractivity contribution in [2.45, 2.75) is 57.0 Å². The van der Waals surface area contributed by atoms with Crippen molar-refractivity contribution in [2.24, 2.45) is 11.8 Å². The van der Waals surface area contributed by atoms with Crippen LogP contribution in [-0.2, 0) is 34.5 Å². The highest BCUT2D eigenvalue weighted by atomic mass is 16.5. The quantitative estimate of drug-likeness (QED) is 0.848. The normalized spacial score (nSPS) is 28.6. The van der Waals surface area contributed by atoms with Crippen LogP contribution in [0.15, 0.2) is 18.3 Å². The van der Waals surface area contributed by atoms with E-state index in [9.17, 15) is 4.79 Å². The summed E-state index contributed by atoms with van der Waals surface area (Å²) in [5.74, 6) is 1.34. The molecule has 4 aliphatic rings. The number of rotatable bonds is 6. The van der Waals surface area contributed by atoms with Crippen molar-refractivity contribution in [1.82, 2.24) is 19.6 Å². The van der Waals surface area contributed by atoms with Gasteiger partial charge in [-0.15, -0.1) is 0 Å². The molecule has 0 aromatic carbocycles. The summed E-state index contributed by atoms with van der Waals surface area (Å²) in [5, 5.41) is 12.2. The zero-order valence-corrected chi connectivity index (χ0v) is 15.9. The third kappa shape index (κ3) is 2.63. The van der Waals surface area contributed by atoms with Crippen molar-refractivity contribution in [1.29, 1.82) is 0 Å². The number of methoxy groups -OCH3 is 1. The molecule has 3 aliphatic carbocycles. The largest absolute Gasteiger partial charge is 0.383 e. The highest BCUT2D eigenvalue weighted by Gasteiger charge is 2.63. The minimum absolute atomic E-state index is 0.0224. The maximum Gasteiger partial charge on any atom is 0.229 e.